The van der Waals surface area contributed by atoms with Gasteiger partial charge in [-0.15, -0.1) is 0 Å². The van der Waals surface area contributed by atoms with Crippen molar-refractivity contribution in [1.29, 1.82) is 0 Å². The Labute approximate surface area is 166 Å². The van der Waals surface area contributed by atoms with Gasteiger partial charge in [0.15, 0.2) is 6.04 Å². The van der Waals surface area contributed by atoms with Gasteiger partial charge in [-0.2, -0.15) is 0 Å². The summed E-state index contributed by atoms with van der Waals surface area (Å²) in [6.45, 7) is 8.37. The zero-order valence-corrected chi connectivity index (χ0v) is 17.0. The van der Waals surface area contributed by atoms with E-state index in [0.717, 1.165) is 19.3 Å². The third-order valence-electron chi connectivity index (χ3n) is 3.47. The quantitative estimate of drug-likeness (QED) is 0.314. The number of carbonyl (C=O) groups is 2. The van der Waals surface area contributed by atoms with Gasteiger partial charge in [-0.05, 0) is 44.9 Å². The highest BCUT2D eigenvalue weighted by molar-refractivity contribution is 5.81. The summed E-state index contributed by atoms with van der Waals surface area (Å²) < 4.78 is 10.6. The minimum Gasteiger partial charge on any atom is -0.491 e. The van der Waals surface area contributed by atoms with Crippen LogP contribution in [-0.2, 0) is 19.3 Å². The number of hydrogen-bond donors (Lipinski definition) is 2. The Kier molecular flexibility index (Phi) is 10.3. The van der Waals surface area contributed by atoms with Gasteiger partial charge in [0.1, 0.15) is 24.6 Å². The van der Waals surface area contributed by atoms with Crippen LogP contribution in [0.15, 0.2) is 24.3 Å². The van der Waals surface area contributed by atoms with Crippen molar-refractivity contribution in [2.24, 2.45) is 0 Å². The predicted molar refractivity (Wildman–Crippen MR) is 103 cm³/mol. The Morgan fingerprint density at radius 3 is 2.25 bits per heavy atom. The molecular formula is C20H31NO7. The van der Waals surface area contributed by atoms with E-state index in [2.05, 4.69) is 12.2 Å². The molecule has 0 aliphatic rings. The number of benzene rings is 1. The monoisotopic (exact) mass is 397 g/mol. The van der Waals surface area contributed by atoms with Crippen molar-refractivity contribution >= 4 is 12.1 Å². The molecule has 2 N–H and O–H groups in total. The number of carboxylic acid groups (broad SMARTS) is 1. The van der Waals surface area contributed by atoms with E-state index in [1.165, 1.54) is 0 Å². The van der Waals surface area contributed by atoms with E-state index in [1.54, 1.807) is 45.0 Å². The first-order chi connectivity index (χ1) is 13.2. The number of carbonyl (C=O) groups excluding carboxylic acids is 1. The largest absolute Gasteiger partial charge is 0.491 e. The maximum Gasteiger partial charge on any atom is 0.408 e. The van der Waals surface area contributed by atoms with Crippen molar-refractivity contribution in [3.05, 3.63) is 29.8 Å². The Balaban J connectivity index is 2.45. The molecule has 0 aliphatic carbocycles. The number of rotatable bonds is 12. The summed E-state index contributed by atoms with van der Waals surface area (Å²) >= 11 is 0. The summed E-state index contributed by atoms with van der Waals surface area (Å²) in [6, 6.07) is 5.19. The van der Waals surface area contributed by atoms with Crippen LogP contribution in [0.5, 0.6) is 5.75 Å². The summed E-state index contributed by atoms with van der Waals surface area (Å²) in [5, 5.41) is 11.7. The van der Waals surface area contributed by atoms with Crippen LogP contribution in [0, 0.1) is 0 Å². The average Bonchev–Trinajstić information content (AvgIpc) is 2.61. The highest BCUT2D eigenvalue weighted by Crippen LogP contribution is 2.19. The highest BCUT2D eigenvalue weighted by Gasteiger charge is 2.25. The molecule has 1 atom stereocenters. The molecular weight excluding hydrogens is 366 g/mol. The van der Waals surface area contributed by atoms with Gasteiger partial charge in [-0.3, -0.25) is 0 Å². The molecule has 0 saturated carbocycles. The molecule has 0 saturated heterocycles. The topological polar surface area (TPSA) is 103 Å². The van der Waals surface area contributed by atoms with Gasteiger partial charge in [0.2, 0.25) is 0 Å². The van der Waals surface area contributed by atoms with E-state index in [0.29, 0.717) is 24.5 Å². The van der Waals surface area contributed by atoms with Crippen LogP contribution >= 0.6 is 0 Å². The summed E-state index contributed by atoms with van der Waals surface area (Å²) in [6.07, 6.45) is 2.39. The number of unbranched alkanes of at least 4 members (excludes halogenated alkanes) is 2. The molecule has 158 valence electrons. The third-order valence-corrected chi connectivity index (χ3v) is 3.47. The van der Waals surface area contributed by atoms with E-state index >= 15 is 0 Å². The first-order valence-corrected chi connectivity index (χ1v) is 9.42. The van der Waals surface area contributed by atoms with Crippen molar-refractivity contribution in [3.63, 3.8) is 0 Å². The SMILES string of the molecule is CCCCCOOCCOc1ccc(C(NC(=O)OC(C)(C)C)C(=O)O)cc1. The maximum absolute atomic E-state index is 11.9. The van der Waals surface area contributed by atoms with Gasteiger partial charge in [0.05, 0.1) is 6.61 Å². The van der Waals surface area contributed by atoms with Crippen LogP contribution in [0.3, 0.4) is 0 Å². The van der Waals surface area contributed by atoms with Crippen molar-refractivity contribution in [3.8, 4) is 5.75 Å². The Morgan fingerprint density at radius 1 is 1.04 bits per heavy atom. The summed E-state index contributed by atoms with van der Waals surface area (Å²) in [5.41, 5.74) is -0.312. The highest BCUT2D eigenvalue weighted by atomic mass is 17.2. The first kappa shape index (κ1) is 23.7. The molecule has 28 heavy (non-hydrogen) atoms. The molecule has 1 aromatic rings. The fourth-order valence-electron chi connectivity index (χ4n) is 2.19. The molecule has 1 unspecified atom stereocenters. The molecule has 0 spiro atoms. The molecule has 0 bridgehead atoms. The van der Waals surface area contributed by atoms with Crippen LogP contribution < -0.4 is 10.1 Å². The van der Waals surface area contributed by atoms with Crippen LogP contribution in [-0.4, -0.2) is 42.6 Å². The summed E-state index contributed by atoms with van der Waals surface area (Å²) in [4.78, 5) is 33.4. The minimum atomic E-state index is -1.22. The summed E-state index contributed by atoms with van der Waals surface area (Å²) in [7, 11) is 0. The first-order valence-electron chi connectivity index (χ1n) is 9.42. The lowest BCUT2D eigenvalue weighted by atomic mass is 10.1. The number of carboxylic acids is 1. The van der Waals surface area contributed by atoms with Crippen molar-refractivity contribution < 1.29 is 33.9 Å². The van der Waals surface area contributed by atoms with Crippen molar-refractivity contribution in [2.45, 2.75) is 58.6 Å². The molecule has 1 rings (SSSR count). The fourth-order valence-corrected chi connectivity index (χ4v) is 2.19. The lowest BCUT2D eigenvalue weighted by Gasteiger charge is -2.22. The molecule has 8 heteroatoms. The molecule has 0 heterocycles. The number of aliphatic carboxylic acids is 1. The Hall–Kier alpha value is -2.32. The maximum atomic E-state index is 11.9. The second-order valence-corrected chi connectivity index (χ2v) is 7.19. The number of nitrogens with one attached hydrogen (secondary N) is 1. The van der Waals surface area contributed by atoms with Gasteiger partial charge in [0.25, 0.3) is 0 Å². The van der Waals surface area contributed by atoms with Gasteiger partial charge < -0.3 is 19.9 Å². The van der Waals surface area contributed by atoms with Crippen LogP contribution in [0.4, 0.5) is 4.79 Å². The second-order valence-electron chi connectivity index (χ2n) is 7.19. The smallest absolute Gasteiger partial charge is 0.408 e. The second kappa shape index (κ2) is 12.2. The van der Waals surface area contributed by atoms with Gasteiger partial charge >= 0.3 is 12.1 Å². The predicted octanol–water partition coefficient (Wildman–Crippen LogP) is 3.85. The Bertz CT molecular complexity index is 596. The molecule has 8 nitrogen and oxygen atoms in total. The fraction of sp³-hybridized carbons (Fsp3) is 0.600. The molecule has 0 fully saturated rings. The molecule has 0 radical (unpaired) electrons. The average molecular weight is 397 g/mol. The van der Waals surface area contributed by atoms with E-state index in [-0.39, 0.29) is 6.61 Å². The van der Waals surface area contributed by atoms with Gasteiger partial charge in [-0.25, -0.2) is 19.4 Å². The van der Waals surface area contributed by atoms with Crippen LogP contribution in [0.25, 0.3) is 0 Å². The standard InChI is InChI=1S/C20H31NO7/c1-5-6-7-12-26-27-14-13-25-16-10-8-15(9-11-16)17(18(22)23)21-19(24)28-20(2,3)4/h8-11,17H,5-7,12-14H2,1-4H3,(H,21,24)(H,22,23). The number of amides is 1. The van der Waals surface area contributed by atoms with Crippen molar-refractivity contribution in [2.75, 3.05) is 19.8 Å². The number of alkyl carbamates (subject to hydrolysis) is 1. The van der Waals surface area contributed by atoms with E-state index in [4.69, 9.17) is 19.2 Å². The van der Waals surface area contributed by atoms with Gasteiger partial charge in [-0.1, -0.05) is 31.9 Å². The zero-order chi connectivity index (χ0) is 21.0. The van der Waals surface area contributed by atoms with Crippen LogP contribution in [0.2, 0.25) is 0 Å². The molecule has 1 amide bonds. The minimum absolute atomic E-state index is 0.284. The molecule has 1 aromatic carbocycles. The van der Waals surface area contributed by atoms with E-state index in [9.17, 15) is 14.7 Å². The van der Waals surface area contributed by atoms with Crippen LogP contribution in [0.1, 0.15) is 58.6 Å². The molecule has 0 aromatic heterocycles. The van der Waals surface area contributed by atoms with Gasteiger partial charge in [0, 0.05) is 0 Å². The third kappa shape index (κ3) is 10.1. The van der Waals surface area contributed by atoms with E-state index in [1.807, 2.05) is 0 Å². The Morgan fingerprint density at radius 2 is 1.68 bits per heavy atom. The molecule has 0 aliphatic heterocycles. The lowest BCUT2D eigenvalue weighted by Crippen LogP contribution is -2.38. The normalized spacial score (nSPS) is 12.3. The summed E-state index contributed by atoms with van der Waals surface area (Å²) in [5.74, 6) is -0.632. The lowest BCUT2D eigenvalue weighted by molar-refractivity contribution is -0.297. The number of ether oxygens (including phenoxy) is 2. The van der Waals surface area contributed by atoms with E-state index < -0.39 is 23.7 Å². The van der Waals surface area contributed by atoms with Crippen molar-refractivity contribution in [1.82, 2.24) is 5.32 Å². The number of hydrogen-bond acceptors (Lipinski definition) is 6. The zero-order valence-electron chi connectivity index (χ0n) is 17.0.